The predicted molar refractivity (Wildman–Crippen MR) is 70.1 cm³/mol. The molecule has 1 aromatic rings. The van der Waals surface area contributed by atoms with Crippen molar-refractivity contribution >= 4 is 17.3 Å². The number of hydrogen-bond donors (Lipinski definition) is 3. The molecule has 1 amide bonds. The fraction of sp³-hybridized carbons (Fsp3) is 0.462. The van der Waals surface area contributed by atoms with E-state index < -0.39 is 0 Å². The van der Waals surface area contributed by atoms with Crippen molar-refractivity contribution in [1.29, 1.82) is 0 Å². The molecular formula is C13H17N3O2. The van der Waals surface area contributed by atoms with E-state index in [-0.39, 0.29) is 11.9 Å². The molecule has 2 heterocycles. The molecule has 0 aliphatic carbocycles. The standard InChI is InChI=1S/C13H17N3O2/c17-13(16-10-3-6-18-8-10)9-1-2-11-12(7-9)15-5-4-14-11/h1-2,7,10,14-15H,3-6,8H2,(H,16,17). The van der Waals surface area contributed by atoms with Crippen LogP contribution in [0.15, 0.2) is 18.2 Å². The first kappa shape index (κ1) is 11.3. The molecule has 1 fully saturated rings. The number of anilines is 2. The fourth-order valence-corrected chi connectivity index (χ4v) is 2.30. The van der Waals surface area contributed by atoms with Crippen molar-refractivity contribution in [3.63, 3.8) is 0 Å². The maximum Gasteiger partial charge on any atom is 0.251 e. The summed E-state index contributed by atoms with van der Waals surface area (Å²) in [4.78, 5) is 12.1. The molecule has 18 heavy (non-hydrogen) atoms. The zero-order valence-corrected chi connectivity index (χ0v) is 10.2. The second-order valence-corrected chi connectivity index (χ2v) is 4.65. The molecule has 96 valence electrons. The van der Waals surface area contributed by atoms with E-state index in [0.717, 1.165) is 37.5 Å². The smallest absolute Gasteiger partial charge is 0.251 e. The van der Waals surface area contributed by atoms with Crippen LogP contribution in [0.3, 0.4) is 0 Å². The minimum Gasteiger partial charge on any atom is -0.382 e. The van der Waals surface area contributed by atoms with Gasteiger partial charge in [0.2, 0.25) is 0 Å². The van der Waals surface area contributed by atoms with Gasteiger partial charge in [-0.3, -0.25) is 4.79 Å². The lowest BCUT2D eigenvalue weighted by Gasteiger charge is -2.20. The Bertz CT molecular complexity index is 456. The van der Waals surface area contributed by atoms with E-state index in [1.807, 2.05) is 18.2 Å². The lowest BCUT2D eigenvalue weighted by Crippen LogP contribution is -2.35. The van der Waals surface area contributed by atoms with E-state index in [9.17, 15) is 4.79 Å². The summed E-state index contributed by atoms with van der Waals surface area (Å²) in [6, 6.07) is 5.85. The summed E-state index contributed by atoms with van der Waals surface area (Å²) in [5.74, 6) is -0.0272. The van der Waals surface area contributed by atoms with Crippen molar-refractivity contribution in [1.82, 2.24) is 5.32 Å². The molecule has 5 heteroatoms. The Hall–Kier alpha value is -1.75. The Morgan fingerprint density at radius 1 is 1.28 bits per heavy atom. The van der Waals surface area contributed by atoms with E-state index in [1.54, 1.807) is 0 Å². The SMILES string of the molecule is O=C(NC1CCOC1)c1ccc2c(c1)NCCN2. The highest BCUT2D eigenvalue weighted by Gasteiger charge is 2.19. The van der Waals surface area contributed by atoms with Crippen LogP contribution in [-0.4, -0.2) is 38.3 Å². The van der Waals surface area contributed by atoms with Gasteiger partial charge in [0.15, 0.2) is 0 Å². The van der Waals surface area contributed by atoms with Crippen LogP contribution in [0, 0.1) is 0 Å². The molecule has 1 saturated heterocycles. The molecule has 2 aliphatic rings. The van der Waals surface area contributed by atoms with Gasteiger partial charge in [-0.05, 0) is 24.6 Å². The number of amides is 1. The monoisotopic (exact) mass is 247 g/mol. The van der Waals surface area contributed by atoms with Crippen molar-refractivity contribution in [2.45, 2.75) is 12.5 Å². The number of hydrogen-bond acceptors (Lipinski definition) is 4. The van der Waals surface area contributed by atoms with Gasteiger partial charge >= 0.3 is 0 Å². The van der Waals surface area contributed by atoms with Crippen LogP contribution in [0.1, 0.15) is 16.8 Å². The van der Waals surface area contributed by atoms with Crippen LogP contribution in [0.5, 0.6) is 0 Å². The average molecular weight is 247 g/mol. The molecule has 0 saturated carbocycles. The van der Waals surface area contributed by atoms with Gasteiger partial charge in [0.1, 0.15) is 0 Å². The first-order valence-electron chi connectivity index (χ1n) is 6.33. The van der Waals surface area contributed by atoms with Crippen LogP contribution in [-0.2, 0) is 4.74 Å². The van der Waals surface area contributed by atoms with Crippen LogP contribution < -0.4 is 16.0 Å². The molecule has 5 nitrogen and oxygen atoms in total. The molecule has 1 unspecified atom stereocenters. The number of carbonyl (C=O) groups excluding carboxylic acids is 1. The van der Waals surface area contributed by atoms with Crippen LogP contribution in [0.25, 0.3) is 0 Å². The maximum atomic E-state index is 12.1. The minimum absolute atomic E-state index is 0.0272. The maximum absolute atomic E-state index is 12.1. The fourth-order valence-electron chi connectivity index (χ4n) is 2.30. The first-order valence-corrected chi connectivity index (χ1v) is 6.33. The minimum atomic E-state index is -0.0272. The summed E-state index contributed by atoms with van der Waals surface area (Å²) < 4.78 is 5.25. The molecule has 3 N–H and O–H groups in total. The highest BCUT2D eigenvalue weighted by molar-refractivity contribution is 5.96. The van der Waals surface area contributed by atoms with Gasteiger partial charge in [-0.15, -0.1) is 0 Å². The third-order valence-corrected chi connectivity index (χ3v) is 3.30. The normalized spacial score (nSPS) is 21.7. The van der Waals surface area contributed by atoms with E-state index in [2.05, 4.69) is 16.0 Å². The van der Waals surface area contributed by atoms with Crippen molar-refractivity contribution in [2.75, 3.05) is 36.9 Å². The van der Waals surface area contributed by atoms with Gasteiger partial charge < -0.3 is 20.7 Å². The summed E-state index contributed by atoms with van der Waals surface area (Å²) in [6.07, 6.45) is 0.899. The number of benzene rings is 1. The summed E-state index contributed by atoms with van der Waals surface area (Å²) in [7, 11) is 0. The summed E-state index contributed by atoms with van der Waals surface area (Å²) in [6.45, 7) is 3.16. The second kappa shape index (κ2) is 4.86. The Morgan fingerprint density at radius 2 is 2.11 bits per heavy atom. The number of carbonyl (C=O) groups is 1. The van der Waals surface area contributed by atoms with Gasteiger partial charge in [0.25, 0.3) is 5.91 Å². The van der Waals surface area contributed by atoms with Crippen molar-refractivity contribution in [3.05, 3.63) is 23.8 Å². The van der Waals surface area contributed by atoms with Crippen LogP contribution in [0.2, 0.25) is 0 Å². The van der Waals surface area contributed by atoms with E-state index in [1.165, 1.54) is 0 Å². The molecule has 1 aromatic carbocycles. The summed E-state index contributed by atoms with van der Waals surface area (Å²) >= 11 is 0. The van der Waals surface area contributed by atoms with Crippen LogP contribution in [0.4, 0.5) is 11.4 Å². The molecule has 3 rings (SSSR count). The molecule has 1 atom stereocenters. The third kappa shape index (κ3) is 2.26. The Morgan fingerprint density at radius 3 is 2.89 bits per heavy atom. The molecular weight excluding hydrogens is 230 g/mol. The number of rotatable bonds is 2. The molecule has 0 radical (unpaired) electrons. The molecule has 2 aliphatic heterocycles. The summed E-state index contributed by atoms with van der Waals surface area (Å²) in [5, 5.41) is 9.56. The second-order valence-electron chi connectivity index (χ2n) is 4.65. The lowest BCUT2D eigenvalue weighted by atomic mass is 10.1. The number of fused-ring (bicyclic) bond motifs is 1. The largest absolute Gasteiger partial charge is 0.382 e. The third-order valence-electron chi connectivity index (χ3n) is 3.30. The summed E-state index contributed by atoms with van der Waals surface area (Å²) in [5.41, 5.74) is 2.75. The number of ether oxygens (including phenoxy) is 1. The lowest BCUT2D eigenvalue weighted by molar-refractivity contribution is 0.0930. The first-order chi connectivity index (χ1) is 8.83. The topological polar surface area (TPSA) is 62.4 Å². The van der Waals surface area contributed by atoms with Crippen molar-refractivity contribution < 1.29 is 9.53 Å². The highest BCUT2D eigenvalue weighted by Crippen LogP contribution is 2.25. The van der Waals surface area contributed by atoms with Crippen LogP contribution >= 0.6 is 0 Å². The highest BCUT2D eigenvalue weighted by atomic mass is 16.5. The van der Waals surface area contributed by atoms with Gasteiger partial charge in [-0.25, -0.2) is 0 Å². The Balaban J connectivity index is 1.73. The Labute approximate surface area is 106 Å². The van der Waals surface area contributed by atoms with Gasteiger partial charge in [0, 0.05) is 25.3 Å². The average Bonchev–Trinajstić information content (AvgIpc) is 2.91. The van der Waals surface area contributed by atoms with Gasteiger partial charge in [-0.2, -0.15) is 0 Å². The van der Waals surface area contributed by atoms with E-state index in [4.69, 9.17) is 4.74 Å². The molecule has 0 bridgehead atoms. The Kier molecular flexibility index (Phi) is 3.06. The number of nitrogens with one attached hydrogen (secondary N) is 3. The van der Waals surface area contributed by atoms with Gasteiger partial charge in [0.05, 0.1) is 24.0 Å². The van der Waals surface area contributed by atoms with Crippen molar-refractivity contribution in [2.24, 2.45) is 0 Å². The van der Waals surface area contributed by atoms with Crippen molar-refractivity contribution in [3.8, 4) is 0 Å². The van der Waals surface area contributed by atoms with E-state index in [0.29, 0.717) is 12.2 Å². The molecule has 0 aromatic heterocycles. The van der Waals surface area contributed by atoms with E-state index >= 15 is 0 Å². The zero-order chi connectivity index (χ0) is 12.4. The molecule has 0 spiro atoms. The quantitative estimate of drug-likeness (QED) is 0.731. The predicted octanol–water partition coefficient (Wildman–Crippen LogP) is 1.04. The van der Waals surface area contributed by atoms with Gasteiger partial charge in [-0.1, -0.05) is 0 Å². The zero-order valence-electron chi connectivity index (χ0n) is 10.2.